The third kappa shape index (κ3) is 3.53. The Kier molecular flexibility index (Phi) is 5.31. The van der Waals surface area contributed by atoms with Gasteiger partial charge in [-0.15, -0.1) is 0 Å². The van der Waals surface area contributed by atoms with Crippen LogP contribution in [0, 0.1) is 0 Å². The van der Waals surface area contributed by atoms with Gasteiger partial charge in [0.15, 0.2) is 11.8 Å². The zero-order chi connectivity index (χ0) is 16.1. The number of Topliss-reactive ketones (excluding diaryl/α,β-unsaturated/α-hetero) is 1. The van der Waals surface area contributed by atoms with Crippen molar-refractivity contribution in [1.29, 1.82) is 0 Å². The number of para-hydroxylation sites is 1. The maximum absolute atomic E-state index is 12.6. The first-order valence-corrected chi connectivity index (χ1v) is 7.22. The van der Waals surface area contributed by atoms with Crippen LogP contribution in [0.2, 0.25) is 5.02 Å². The lowest BCUT2D eigenvalue weighted by molar-refractivity contribution is -0.119. The normalized spacial score (nSPS) is 11.8. The number of nitrogens with zero attached hydrogens (tertiary/aromatic N) is 1. The molecule has 2 aromatic carbocycles. The van der Waals surface area contributed by atoms with Crippen molar-refractivity contribution in [3.05, 3.63) is 65.2 Å². The molecule has 2 rings (SSSR count). The second kappa shape index (κ2) is 7.20. The van der Waals surface area contributed by atoms with E-state index in [1.54, 1.807) is 38.4 Å². The van der Waals surface area contributed by atoms with Crippen LogP contribution in [-0.2, 0) is 4.79 Å². The largest absolute Gasteiger partial charge is 0.314 e. The molecule has 0 saturated carbocycles. The second-order valence-corrected chi connectivity index (χ2v) is 5.26. The predicted molar refractivity (Wildman–Crippen MR) is 88.5 cm³/mol. The van der Waals surface area contributed by atoms with Gasteiger partial charge >= 0.3 is 0 Å². The van der Waals surface area contributed by atoms with Crippen LogP contribution in [0.15, 0.2) is 54.6 Å². The lowest BCUT2D eigenvalue weighted by atomic mass is 10.0. The number of carbonyl (C=O) groups is 2. The Bertz CT molecular complexity index is 656. The average molecular weight is 317 g/mol. The van der Waals surface area contributed by atoms with Crippen LogP contribution in [0.1, 0.15) is 10.4 Å². The highest BCUT2D eigenvalue weighted by atomic mass is 35.5. The highest BCUT2D eigenvalue weighted by molar-refractivity contribution is 6.30. The summed E-state index contributed by atoms with van der Waals surface area (Å²) in [5.74, 6) is -0.597. The molecule has 0 heterocycles. The minimum atomic E-state index is -0.939. The summed E-state index contributed by atoms with van der Waals surface area (Å²) in [4.78, 5) is 26.6. The van der Waals surface area contributed by atoms with Gasteiger partial charge in [0.2, 0.25) is 0 Å². The van der Waals surface area contributed by atoms with Crippen molar-refractivity contribution in [2.45, 2.75) is 6.04 Å². The van der Waals surface area contributed by atoms with Crippen molar-refractivity contribution in [3.8, 4) is 0 Å². The fourth-order valence-corrected chi connectivity index (χ4v) is 2.25. The monoisotopic (exact) mass is 316 g/mol. The van der Waals surface area contributed by atoms with E-state index in [0.29, 0.717) is 10.6 Å². The molecule has 22 heavy (non-hydrogen) atoms. The minimum absolute atomic E-state index is 0.285. The Balaban J connectivity index is 2.22. The molecule has 5 heteroatoms. The van der Waals surface area contributed by atoms with Crippen LogP contribution >= 0.6 is 11.6 Å². The van der Waals surface area contributed by atoms with E-state index in [1.165, 1.54) is 4.90 Å². The number of ketones is 1. The third-order valence-electron chi connectivity index (χ3n) is 3.40. The molecule has 0 saturated heterocycles. The molecule has 0 aliphatic rings. The molecule has 0 radical (unpaired) electrons. The molecule has 1 unspecified atom stereocenters. The lowest BCUT2D eigenvalue weighted by Crippen LogP contribution is -2.48. The first-order chi connectivity index (χ1) is 10.5. The van der Waals surface area contributed by atoms with Gasteiger partial charge < -0.3 is 10.2 Å². The summed E-state index contributed by atoms with van der Waals surface area (Å²) in [5, 5.41) is 3.34. The van der Waals surface area contributed by atoms with E-state index >= 15 is 0 Å². The van der Waals surface area contributed by atoms with Gasteiger partial charge in [-0.2, -0.15) is 0 Å². The summed E-state index contributed by atoms with van der Waals surface area (Å²) < 4.78 is 0. The van der Waals surface area contributed by atoms with Crippen LogP contribution in [-0.4, -0.2) is 31.8 Å². The van der Waals surface area contributed by atoms with E-state index in [4.69, 9.17) is 11.6 Å². The Hall–Kier alpha value is -2.17. The Morgan fingerprint density at radius 3 is 2.18 bits per heavy atom. The molecule has 2 aromatic rings. The highest BCUT2D eigenvalue weighted by Gasteiger charge is 2.29. The van der Waals surface area contributed by atoms with E-state index in [1.807, 2.05) is 30.3 Å². The number of anilines is 1. The topological polar surface area (TPSA) is 49.4 Å². The molecule has 1 amide bonds. The van der Waals surface area contributed by atoms with Crippen molar-refractivity contribution >= 4 is 29.0 Å². The number of rotatable bonds is 5. The molecular formula is C17H17ClN2O2. The van der Waals surface area contributed by atoms with Crippen molar-refractivity contribution < 1.29 is 9.59 Å². The third-order valence-corrected chi connectivity index (χ3v) is 3.65. The molecule has 0 fully saturated rings. The molecule has 0 aliphatic heterocycles. The van der Waals surface area contributed by atoms with Gasteiger partial charge in [0.05, 0.1) is 0 Å². The summed E-state index contributed by atoms with van der Waals surface area (Å²) in [7, 11) is 3.24. The fraction of sp³-hybridized carbons (Fsp3) is 0.176. The summed E-state index contributed by atoms with van der Waals surface area (Å²) in [6.45, 7) is 0. The van der Waals surface area contributed by atoms with Crippen molar-refractivity contribution in [1.82, 2.24) is 5.32 Å². The standard InChI is InChI=1S/C17H17ClN2O2/c1-19-15(16(21)12-8-10-13(18)11-9-12)17(22)20(2)14-6-4-3-5-7-14/h3-11,15,19H,1-2H3. The molecular weight excluding hydrogens is 300 g/mol. The van der Waals surface area contributed by atoms with Gasteiger partial charge in [-0.25, -0.2) is 0 Å². The van der Waals surface area contributed by atoms with Crippen LogP contribution in [0.4, 0.5) is 5.69 Å². The molecule has 0 aliphatic carbocycles. The number of nitrogens with one attached hydrogen (secondary N) is 1. The summed E-state index contributed by atoms with van der Waals surface area (Å²) in [6.07, 6.45) is 0. The summed E-state index contributed by atoms with van der Waals surface area (Å²) in [6, 6.07) is 14.7. The van der Waals surface area contributed by atoms with E-state index in [-0.39, 0.29) is 11.7 Å². The first-order valence-electron chi connectivity index (χ1n) is 6.84. The van der Waals surface area contributed by atoms with E-state index in [0.717, 1.165) is 5.69 Å². The number of amides is 1. The molecule has 0 spiro atoms. The number of likely N-dealkylation sites (N-methyl/N-ethyl adjacent to an activating group) is 2. The molecule has 0 aromatic heterocycles. The molecule has 1 atom stereocenters. The number of carbonyl (C=O) groups excluding carboxylic acids is 2. The zero-order valence-electron chi connectivity index (χ0n) is 12.4. The lowest BCUT2D eigenvalue weighted by Gasteiger charge is -2.23. The minimum Gasteiger partial charge on any atom is -0.314 e. The Morgan fingerprint density at radius 2 is 1.64 bits per heavy atom. The summed E-state index contributed by atoms with van der Waals surface area (Å²) in [5.41, 5.74) is 1.18. The predicted octanol–water partition coefficient (Wildman–Crippen LogP) is 2.77. The van der Waals surface area contributed by atoms with Crippen LogP contribution in [0.25, 0.3) is 0 Å². The van der Waals surface area contributed by atoms with Crippen molar-refractivity contribution in [3.63, 3.8) is 0 Å². The highest BCUT2D eigenvalue weighted by Crippen LogP contribution is 2.15. The maximum Gasteiger partial charge on any atom is 0.251 e. The SMILES string of the molecule is CNC(C(=O)c1ccc(Cl)cc1)C(=O)N(C)c1ccccc1. The molecule has 1 N–H and O–H groups in total. The smallest absolute Gasteiger partial charge is 0.251 e. The van der Waals surface area contributed by atoms with Crippen LogP contribution in [0.3, 0.4) is 0 Å². The molecule has 4 nitrogen and oxygen atoms in total. The Morgan fingerprint density at radius 1 is 1.05 bits per heavy atom. The average Bonchev–Trinajstić information content (AvgIpc) is 2.56. The van der Waals surface area contributed by atoms with Gasteiger partial charge in [0.1, 0.15) is 0 Å². The summed E-state index contributed by atoms with van der Waals surface area (Å²) >= 11 is 5.82. The fourth-order valence-electron chi connectivity index (χ4n) is 2.12. The second-order valence-electron chi connectivity index (χ2n) is 4.83. The zero-order valence-corrected chi connectivity index (χ0v) is 13.2. The molecule has 0 bridgehead atoms. The van der Waals surface area contributed by atoms with E-state index in [2.05, 4.69) is 5.32 Å². The number of benzene rings is 2. The Labute approximate surface area is 134 Å². The van der Waals surface area contributed by atoms with Crippen LogP contribution in [0.5, 0.6) is 0 Å². The van der Waals surface area contributed by atoms with E-state index < -0.39 is 6.04 Å². The number of halogens is 1. The van der Waals surface area contributed by atoms with Gasteiger partial charge in [-0.05, 0) is 43.4 Å². The van der Waals surface area contributed by atoms with Gasteiger partial charge in [-0.1, -0.05) is 29.8 Å². The van der Waals surface area contributed by atoms with Crippen molar-refractivity contribution in [2.24, 2.45) is 0 Å². The quantitative estimate of drug-likeness (QED) is 0.681. The number of hydrogen-bond acceptors (Lipinski definition) is 3. The number of hydrogen-bond donors (Lipinski definition) is 1. The molecule has 114 valence electrons. The van der Waals surface area contributed by atoms with E-state index in [9.17, 15) is 9.59 Å². The maximum atomic E-state index is 12.6. The first kappa shape index (κ1) is 16.2. The van der Waals surface area contributed by atoms with Gasteiger partial charge in [0.25, 0.3) is 5.91 Å². The van der Waals surface area contributed by atoms with Crippen molar-refractivity contribution in [2.75, 3.05) is 19.0 Å². The van der Waals surface area contributed by atoms with Crippen LogP contribution < -0.4 is 10.2 Å². The van der Waals surface area contributed by atoms with Gasteiger partial charge in [-0.3, -0.25) is 9.59 Å². The van der Waals surface area contributed by atoms with Gasteiger partial charge in [0, 0.05) is 23.3 Å².